The average Bonchev–Trinajstić information content (AvgIpc) is 2.16. The summed E-state index contributed by atoms with van der Waals surface area (Å²) in [6, 6.07) is 5.43. The Bertz CT molecular complexity index is 251. The number of alkyl halides is 2. The van der Waals surface area contributed by atoms with E-state index >= 15 is 0 Å². The Morgan fingerprint density at radius 2 is 2.23 bits per heavy atom. The number of pyridine rings is 1. The molecule has 0 saturated carbocycles. The molecule has 1 heterocycles. The average molecular weight is 220 g/mol. The molecule has 0 aliphatic heterocycles. The Labute approximate surface area is 87.8 Å². The second-order valence-corrected chi connectivity index (χ2v) is 4.04. The monoisotopic (exact) mass is 219 g/mol. The van der Waals surface area contributed by atoms with Crippen LogP contribution in [0, 0.1) is 0 Å². The van der Waals surface area contributed by atoms with Crippen molar-refractivity contribution in [2.24, 2.45) is 0 Å². The summed E-state index contributed by atoms with van der Waals surface area (Å²) in [5, 5.41) is 0. The molecule has 0 aliphatic rings. The molecule has 0 saturated heterocycles. The number of rotatable bonds is 4. The molecular weight excluding hydrogens is 209 g/mol. The van der Waals surface area contributed by atoms with Gasteiger partial charge >= 0.3 is 0 Å². The standard InChI is InChI=1S/C9H11Cl2NO/c1-2-13-7-9(10,11)8-5-3-4-6-12-8/h3-6H,2,7H2,1H3. The molecule has 0 bridgehead atoms. The van der Waals surface area contributed by atoms with Crippen LogP contribution in [0.25, 0.3) is 0 Å². The SMILES string of the molecule is CCOCC(Cl)(Cl)c1ccccn1. The van der Waals surface area contributed by atoms with Gasteiger partial charge in [-0.15, -0.1) is 0 Å². The van der Waals surface area contributed by atoms with Crippen LogP contribution >= 0.6 is 23.2 Å². The third kappa shape index (κ3) is 3.14. The van der Waals surface area contributed by atoms with E-state index < -0.39 is 4.33 Å². The summed E-state index contributed by atoms with van der Waals surface area (Å²) in [6.07, 6.45) is 1.65. The highest BCUT2D eigenvalue weighted by molar-refractivity contribution is 6.48. The molecule has 1 aromatic rings. The molecule has 0 atom stereocenters. The lowest BCUT2D eigenvalue weighted by atomic mass is 10.3. The molecule has 1 aromatic heterocycles. The van der Waals surface area contributed by atoms with Gasteiger partial charge in [-0.25, -0.2) is 0 Å². The Hall–Kier alpha value is -0.310. The van der Waals surface area contributed by atoms with Gasteiger partial charge in [0.2, 0.25) is 0 Å². The van der Waals surface area contributed by atoms with Gasteiger partial charge in [0.05, 0.1) is 12.3 Å². The van der Waals surface area contributed by atoms with E-state index in [-0.39, 0.29) is 6.61 Å². The topological polar surface area (TPSA) is 22.1 Å². The third-order valence-corrected chi connectivity index (χ3v) is 2.13. The molecule has 2 nitrogen and oxygen atoms in total. The van der Waals surface area contributed by atoms with Crippen LogP contribution in [0.5, 0.6) is 0 Å². The van der Waals surface area contributed by atoms with Gasteiger partial charge in [-0.05, 0) is 19.1 Å². The molecule has 0 unspecified atom stereocenters. The number of aromatic nitrogens is 1. The van der Waals surface area contributed by atoms with Crippen molar-refractivity contribution in [2.45, 2.75) is 11.3 Å². The van der Waals surface area contributed by atoms with Crippen LogP contribution in [0.1, 0.15) is 12.6 Å². The van der Waals surface area contributed by atoms with Crippen LogP contribution in [0.15, 0.2) is 24.4 Å². The van der Waals surface area contributed by atoms with Crippen molar-refractivity contribution >= 4 is 23.2 Å². The van der Waals surface area contributed by atoms with Crippen LogP contribution in [0.2, 0.25) is 0 Å². The quantitative estimate of drug-likeness (QED) is 0.728. The molecule has 4 heteroatoms. The Morgan fingerprint density at radius 3 is 2.77 bits per heavy atom. The van der Waals surface area contributed by atoms with Gasteiger partial charge in [-0.2, -0.15) is 0 Å². The van der Waals surface area contributed by atoms with E-state index in [9.17, 15) is 0 Å². The minimum atomic E-state index is -1.04. The van der Waals surface area contributed by atoms with Crippen molar-refractivity contribution in [3.8, 4) is 0 Å². The number of hydrogen-bond donors (Lipinski definition) is 0. The second-order valence-electron chi connectivity index (χ2n) is 2.56. The summed E-state index contributed by atoms with van der Waals surface area (Å²) in [5.41, 5.74) is 0.617. The van der Waals surface area contributed by atoms with Gasteiger partial charge in [0.1, 0.15) is 0 Å². The predicted molar refractivity (Wildman–Crippen MR) is 54.1 cm³/mol. The molecule has 0 spiro atoms. The molecule has 1 rings (SSSR count). The largest absolute Gasteiger partial charge is 0.378 e. The molecular formula is C9H11Cl2NO. The van der Waals surface area contributed by atoms with Gasteiger partial charge in [0, 0.05) is 12.8 Å². The van der Waals surface area contributed by atoms with E-state index in [2.05, 4.69) is 4.98 Å². The lowest BCUT2D eigenvalue weighted by Crippen LogP contribution is -2.19. The zero-order chi connectivity index (χ0) is 9.73. The zero-order valence-corrected chi connectivity index (χ0v) is 8.85. The van der Waals surface area contributed by atoms with Crippen LogP contribution < -0.4 is 0 Å². The van der Waals surface area contributed by atoms with Crippen molar-refractivity contribution in [3.05, 3.63) is 30.1 Å². The zero-order valence-electron chi connectivity index (χ0n) is 7.34. The molecule has 0 aliphatic carbocycles. The third-order valence-electron chi connectivity index (χ3n) is 1.53. The molecule has 0 N–H and O–H groups in total. The highest BCUT2D eigenvalue weighted by Gasteiger charge is 2.27. The summed E-state index contributed by atoms with van der Waals surface area (Å²) in [4.78, 5) is 4.06. The van der Waals surface area contributed by atoms with Gasteiger partial charge in [-0.1, -0.05) is 29.3 Å². The number of ether oxygens (including phenoxy) is 1. The second kappa shape index (κ2) is 4.80. The Kier molecular flexibility index (Phi) is 3.97. The van der Waals surface area contributed by atoms with Gasteiger partial charge in [0.25, 0.3) is 0 Å². The van der Waals surface area contributed by atoms with Gasteiger partial charge in [0.15, 0.2) is 4.33 Å². The minimum Gasteiger partial charge on any atom is -0.378 e. The summed E-state index contributed by atoms with van der Waals surface area (Å²) in [7, 11) is 0. The lowest BCUT2D eigenvalue weighted by molar-refractivity contribution is 0.139. The van der Waals surface area contributed by atoms with E-state index in [0.29, 0.717) is 12.3 Å². The normalized spacial score (nSPS) is 11.6. The van der Waals surface area contributed by atoms with Crippen molar-refractivity contribution in [3.63, 3.8) is 0 Å². The highest BCUT2D eigenvalue weighted by Crippen LogP contribution is 2.32. The molecule has 72 valence electrons. The first-order valence-corrected chi connectivity index (χ1v) is 4.79. The maximum absolute atomic E-state index is 6.02. The molecule has 13 heavy (non-hydrogen) atoms. The summed E-state index contributed by atoms with van der Waals surface area (Å²) < 4.78 is 4.10. The van der Waals surface area contributed by atoms with Crippen molar-refractivity contribution in [2.75, 3.05) is 13.2 Å². The highest BCUT2D eigenvalue weighted by atomic mass is 35.5. The molecule has 0 radical (unpaired) electrons. The predicted octanol–water partition coefficient (Wildman–Crippen LogP) is 2.75. The smallest absolute Gasteiger partial charge is 0.182 e. The summed E-state index contributed by atoms with van der Waals surface area (Å²) >= 11 is 12.0. The maximum atomic E-state index is 6.02. The van der Waals surface area contributed by atoms with Crippen LogP contribution in [-0.4, -0.2) is 18.2 Å². The van der Waals surface area contributed by atoms with Gasteiger partial charge in [-0.3, -0.25) is 4.98 Å². The first kappa shape index (κ1) is 10.8. The fraction of sp³-hybridized carbons (Fsp3) is 0.444. The Morgan fingerprint density at radius 1 is 1.46 bits per heavy atom. The fourth-order valence-corrected chi connectivity index (χ4v) is 1.26. The maximum Gasteiger partial charge on any atom is 0.182 e. The van der Waals surface area contributed by atoms with Crippen molar-refractivity contribution in [1.82, 2.24) is 4.98 Å². The molecule has 0 aromatic carbocycles. The lowest BCUT2D eigenvalue weighted by Gasteiger charge is -2.17. The van der Waals surface area contributed by atoms with Crippen LogP contribution in [-0.2, 0) is 9.07 Å². The first-order valence-electron chi connectivity index (χ1n) is 4.04. The number of halogens is 2. The molecule has 0 amide bonds. The summed E-state index contributed by atoms with van der Waals surface area (Å²) in [5.74, 6) is 0. The van der Waals surface area contributed by atoms with E-state index in [1.54, 1.807) is 12.3 Å². The van der Waals surface area contributed by atoms with Gasteiger partial charge < -0.3 is 4.74 Å². The number of nitrogens with zero attached hydrogens (tertiary/aromatic N) is 1. The van der Waals surface area contributed by atoms with Crippen LogP contribution in [0.3, 0.4) is 0 Å². The van der Waals surface area contributed by atoms with E-state index in [1.165, 1.54) is 0 Å². The summed E-state index contributed by atoms with van der Waals surface area (Å²) in [6.45, 7) is 2.74. The number of hydrogen-bond acceptors (Lipinski definition) is 2. The van der Waals surface area contributed by atoms with Crippen molar-refractivity contribution < 1.29 is 4.74 Å². The van der Waals surface area contributed by atoms with Crippen molar-refractivity contribution in [1.29, 1.82) is 0 Å². The fourth-order valence-electron chi connectivity index (χ4n) is 0.883. The van der Waals surface area contributed by atoms with E-state index in [4.69, 9.17) is 27.9 Å². The van der Waals surface area contributed by atoms with Crippen LogP contribution in [0.4, 0.5) is 0 Å². The molecule has 0 fully saturated rings. The minimum absolute atomic E-state index is 0.254. The van der Waals surface area contributed by atoms with E-state index in [1.807, 2.05) is 19.1 Å². The van der Waals surface area contributed by atoms with E-state index in [0.717, 1.165) is 0 Å². The first-order chi connectivity index (χ1) is 6.17. The Balaban J connectivity index is 2.69.